The molecule has 0 spiro atoms. The Morgan fingerprint density at radius 3 is 2.66 bits per heavy atom. The molecule has 4 rings (SSSR count). The maximum Gasteiger partial charge on any atom is 0.350 e. The standard InChI is InChI=1S/C22H20F2N2O6/c23-22(24)19(29)17(11-27)32-20(22)26-9-8-15(25-21(26)30)10-18(28)31-12-14-6-3-5-13-4-1-2-7-16(13)14/h1-9,17,19-20,27,29H,10-12H2. The lowest BCUT2D eigenvalue weighted by Crippen LogP contribution is -2.41. The first-order valence-corrected chi connectivity index (χ1v) is 9.84. The first-order chi connectivity index (χ1) is 15.3. The van der Waals surface area contributed by atoms with Crippen LogP contribution in [0, 0.1) is 0 Å². The third-order valence-corrected chi connectivity index (χ3v) is 5.29. The Bertz CT molecular complexity index is 1190. The summed E-state index contributed by atoms with van der Waals surface area (Å²) in [6.07, 6.45) is -5.25. The molecule has 1 aromatic heterocycles. The smallest absolute Gasteiger partial charge is 0.350 e. The minimum Gasteiger partial charge on any atom is -0.460 e. The van der Waals surface area contributed by atoms with E-state index in [1.54, 1.807) is 0 Å². The highest BCUT2D eigenvalue weighted by molar-refractivity contribution is 5.85. The highest BCUT2D eigenvalue weighted by atomic mass is 19.3. The van der Waals surface area contributed by atoms with Crippen LogP contribution in [0.1, 0.15) is 17.5 Å². The van der Waals surface area contributed by atoms with Crippen molar-refractivity contribution in [1.82, 2.24) is 9.55 Å². The number of carbonyl (C=O) groups excluding carboxylic acids is 1. The van der Waals surface area contributed by atoms with Gasteiger partial charge in [0.15, 0.2) is 6.10 Å². The van der Waals surface area contributed by atoms with Crippen LogP contribution >= 0.6 is 0 Å². The number of benzene rings is 2. The van der Waals surface area contributed by atoms with E-state index in [9.17, 15) is 23.5 Å². The number of carbonyl (C=O) groups is 1. The molecule has 1 fully saturated rings. The number of rotatable bonds is 6. The van der Waals surface area contributed by atoms with Crippen molar-refractivity contribution in [3.8, 4) is 0 Å². The molecule has 32 heavy (non-hydrogen) atoms. The van der Waals surface area contributed by atoms with Gasteiger partial charge in [-0.3, -0.25) is 9.36 Å². The Balaban J connectivity index is 1.44. The lowest BCUT2D eigenvalue weighted by Gasteiger charge is -2.21. The van der Waals surface area contributed by atoms with E-state index in [0.29, 0.717) is 4.57 Å². The normalized spacial score (nSPS) is 22.2. The molecule has 1 aliphatic rings. The van der Waals surface area contributed by atoms with Crippen molar-refractivity contribution in [3.05, 3.63) is 76.5 Å². The maximum absolute atomic E-state index is 14.2. The molecule has 2 N–H and O–H groups in total. The number of nitrogens with zero attached hydrogens (tertiary/aromatic N) is 2. The van der Waals surface area contributed by atoms with E-state index in [-0.39, 0.29) is 18.7 Å². The molecule has 168 valence electrons. The van der Waals surface area contributed by atoms with Crippen LogP contribution in [0.3, 0.4) is 0 Å². The van der Waals surface area contributed by atoms with Gasteiger partial charge in [-0.25, -0.2) is 4.79 Å². The summed E-state index contributed by atoms with van der Waals surface area (Å²) >= 11 is 0. The number of halogens is 2. The Labute approximate surface area is 180 Å². The van der Waals surface area contributed by atoms with E-state index in [0.717, 1.165) is 22.5 Å². The molecule has 2 aromatic carbocycles. The van der Waals surface area contributed by atoms with Crippen LogP contribution in [-0.2, 0) is 27.3 Å². The summed E-state index contributed by atoms with van der Waals surface area (Å²) in [5.74, 6) is -4.45. The van der Waals surface area contributed by atoms with Gasteiger partial charge in [0, 0.05) is 6.20 Å². The number of fused-ring (bicyclic) bond motifs is 1. The van der Waals surface area contributed by atoms with Crippen LogP contribution in [0.2, 0.25) is 0 Å². The SMILES string of the molecule is O=C(Cc1ccn(C2OC(CO)C(O)C2(F)F)c(=O)n1)OCc1cccc2ccccc12. The van der Waals surface area contributed by atoms with E-state index >= 15 is 0 Å². The van der Waals surface area contributed by atoms with Crippen molar-refractivity contribution in [2.24, 2.45) is 0 Å². The van der Waals surface area contributed by atoms with Crippen molar-refractivity contribution >= 4 is 16.7 Å². The fourth-order valence-corrected chi connectivity index (χ4v) is 3.62. The van der Waals surface area contributed by atoms with Gasteiger partial charge in [-0.1, -0.05) is 42.5 Å². The number of aromatic nitrogens is 2. The molecule has 3 atom stereocenters. The van der Waals surface area contributed by atoms with Gasteiger partial charge in [0.1, 0.15) is 12.7 Å². The van der Waals surface area contributed by atoms with Crippen LogP contribution in [0.25, 0.3) is 10.8 Å². The summed E-state index contributed by atoms with van der Waals surface area (Å²) < 4.78 is 39.2. The number of hydrogen-bond donors (Lipinski definition) is 2. The number of aliphatic hydroxyl groups is 2. The summed E-state index contributed by atoms with van der Waals surface area (Å²) in [6.45, 7) is -0.810. The molecule has 1 saturated heterocycles. The van der Waals surface area contributed by atoms with Crippen molar-refractivity contribution in [1.29, 1.82) is 0 Å². The van der Waals surface area contributed by atoms with Gasteiger partial charge in [-0.2, -0.15) is 13.8 Å². The van der Waals surface area contributed by atoms with Crippen LogP contribution < -0.4 is 5.69 Å². The Kier molecular flexibility index (Phi) is 6.00. The topological polar surface area (TPSA) is 111 Å². The summed E-state index contributed by atoms with van der Waals surface area (Å²) in [7, 11) is 0. The van der Waals surface area contributed by atoms with E-state index in [1.165, 1.54) is 6.07 Å². The van der Waals surface area contributed by atoms with Crippen molar-refractivity contribution in [2.45, 2.75) is 37.4 Å². The molecule has 1 aliphatic heterocycles. The number of esters is 1. The van der Waals surface area contributed by atoms with Crippen molar-refractivity contribution in [3.63, 3.8) is 0 Å². The minimum absolute atomic E-state index is 0.0276. The van der Waals surface area contributed by atoms with E-state index in [1.807, 2.05) is 42.5 Å². The molecule has 3 unspecified atom stereocenters. The molecule has 8 nitrogen and oxygen atoms in total. The highest BCUT2D eigenvalue weighted by Gasteiger charge is 2.59. The third-order valence-electron chi connectivity index (χ3n) is 5.29. The third kappa shape index (κ3) is 4.12. The first kappa shape index (κ1) is 22.0. The molecule has 3 aromatic rings. The number of alkyl halides is 2. The molecule has 2 heterocycles. The Morgan fingerprint density at radius 1 is 1.19 bits per heavy atom. The second-order valence-corrected chi connectivity index (χ2v) is 7.41. The van der Waals surface area contributed by atoms with E-state index < -0.39 is 42.6 Å². The van der Waals surface area contributed by atoms with Crippen LogP contribution in [-0.4, -0.2) is 50.5 Å². The average molecular weight is 446 g/mol. The van der Waals surface area contributed by atoms with Crippen LogP contribution in [0.5, 0.6) is 0 Å². The van der Waals surface area contributed by atoms with E-state index in [4.69, 9.17) is 14.6 Å². The summed E-state index contributed by atoms with van der Waals surface area (Å²) in [5.41, 5.74) is -0.230. The molecule has 0 amide bonds. The largest absolute Gasteiger partial charge is 0.460 e. The van der Waals surface area contributed by atoms with Crippen molar-refractivity contribution in [2.75, 3.05) is 6.61 Å². The predicted molar refractivity (Wildman–Crippen MR) is 108 cm³/mol. The monoisotopic (exact) mass is 446 g/mol. The lowest BCUT2D eigenvalue weighted by atomic mass is 10.1. The summed E-state index contributed by atoms with van der Waals surface area (Å²) in [4.78, 5) is 28.1. The zero-order valence-electron chi connectivity index (χ0n) is 16.7. The first-order valence-electron chi connectivity index (χ1n) is 9.84. The maximum atomic E-state index is 14.2. The second kappa shape index (κ2) is 8.73. The Morgan fingerprint density at radius 2 is 1.94 bits per heavy atom. The van der Waals surface area contributed by atoms with Crippen molar-refractivity contribution < 1.29 is 33.3 Å². The fraction of sp³-hybridized carbons (Fsp3) is 0.318. The second-order valence-electron chi connectivity index (χ2n) is 7.41. The summed E-state index contributed by atoms with van der Waals surface area (Å²) in [5, 5.41) is 20.6. The van der Waals surface area contributed by atoms with Gasteiger partial charge < -0.3 is 19.7 Å². The Hall–Kier alpha value is -3.21. The average Bonchev–Trinajstić information content (AvgIpc) is 3.01. The van der Waals surface area contributed by atoms with Crippen LogP contribution in [0.15, 0.2) is 59.5 Å². The lowest BCUT2D eigenvalue weighted by molar-refractivity contribution is -0.144. The molecular weight excluding hydrogens is 426 g/mol. The molecule has 10 heteroatoms. The van der Waals surface area contributed by atoms with Gasteiger partial charge in [0.05, 0.1) is 18.7 Å². The summed E-state index contributed by atoms with van der Waals surface area (Å²) in [6, 6.07) is 14.5. The van der Waals surface area contributed by atoms with Gasteiger partial charge in [0.25, 0.3) is 0 Å². The minimum atomic E-state index is -3.81. The number of ether oxygens (including phenoxy) is 2. The van der Waals surface area contributed by atoms with E-state index in [2.05, 4.69) is 4.98 Å². The van der Waals surface area contributed by atoms with Gasteiger partial charge in [-0.05, 0) is 22.4 Å². The van der Waals surface area contributed by atoms with Gasteiger partial charge >= 0.3 is 17.6 Å². The van der Waals surface area contributed by atoms with Crippen LogP contribution in [0.4, 0.5) is 8.78 Å². The number of aliphatic hydroxyl groups excluding tert-OH is 2. The molecule has 0 radical (unpaired) electrons. The fourth-order valence-electron chi connectivity index (χ4n) is 3.62. The molecule has 0 aliphatic carbocycles. The zero-order chi connectivity index (χ0) is 22.9. The predicted octanol–water partition coefficient (Wildman–Crippen LogP) is 1.57. The quantitative estimate of drug-likeness (QED) is 0.553. The molecular formula is C22H20F2N2O6. The molecule has 0 saturated carbocycles. The number of hydrogen-bond acceptors (Lipinski definition) is 7. The van der Waals surface area contributed by atoms with Gasteiger partial charge in [0.2, 0.25) is 6.23 Å². The zero-order valence-corrected chi connectivity index (χ0v) is 16.7. The van der Waals surface area contributed by atoms with Gasteiger partial charge in [-0.15, -0.1) is 0 Å². The molecule has 0 bridgehead atoms. The highest BCUT2D eigenvalue weighted by Crippen LogP contribution is 2.41.